The zero-order valence-corrected chi connectivity index (χ0v) is 24.2. The molecule has 0 bridgehead atoms. The molecule has 0 saturated carbocycles. The molecule has 0 aliphatic heterocycles. The summed E-state index contributed by atoms with van der Waals surface area (Å²) < 4.78 is 2.75. The van der Waals surface area contributed by atoms with Crippen molar-refractivity contribution in [2.75, 3.05) is 0 Å². The van der Waals surface area contributed by atoms with Crippen LogP contribution in [0.25, 0.3) is 75.5 Å². The summed E-state index contributed by atoms with van der Waals surface area (Å²) in [7, 11) is 0. The van der Waals surface area contributed by atoms with Gasteiger partial charge in [-0.25, -0.2) is 4.98 Å². The summed E-state index contributed by atoms with van der Waals surface area (Å²) in [4.78, 5) is 9.73. The van der Waals surface area contributed by atoms with E-state index in [1.165, 1.54) is 53.6 Å². The molecule has 0 N–H and O–H groups in total. The number of hydrogen-bond donors (Lipinski definition) is 0. The molecule has 3 aromatic heterocycles. The van der Waals surface area contributed by atoms with Crippen molar-refractivity contribution in [3.8, 4) is 33.5 Å². The highest BCUT2D eigenvalue weighted by atomic mass is 32.1. The van der Waals surface area contributed by atoms with Crippen molar-refractivity contribution in [2.24, 2.45) is 0 Å². The van der Waals surface area contributed by atoms with Gasteiger partial charge in [-0.3, -0.25) is 4.98 Å². The Bertz CT molecular complexity index is 2380. The van der Waals surface area contributed by atoms with Crippen LogP contribution in [0, 0.1) is 0 Å². The molecule has 42 heavy (non-hydrogen) atoms. The summed E-state index contributed by atoms with van der Waals surface area (Å²) in [5.74, 6) is 0. The molecule has 0 saturated heterocycles. The van der Waals surface area contributed by atoms with E-state index >= 15 is 0 Å². The summed E-state index contributed by atoms with van der Waals surface area (Å²) in [5.41, 5.74) is 12.0. The fourth-order valence-corrected chi connectivity index (χ4v) is 8.50. The number of fused-ring (bicyclic) bond motifs is 10. The van der Waals surface area contributed by atoms with Crippen LogP contribution in [-0.4, -0.2) is 9.97 Å². The minimum atomic E-state index is -0.0474. The van der Waals surface area contributed by atoms with Gasteiger partial charge in [-0.1, -0.05) is 105 Å². The van der Waals surface area contributed by atoms with Gasteiger partial charge in [0.25, 0.3) is 0 Å². The van der Waals surface area contributed by atoms with Crippen LogP contribution in [0.15, 0.2) is 121 Å². The number of rotatable bonds is 2. The van der Waals surface area contributed by atoms with E-state index in [4.69, 9.17) is 4.98 Å². The first-order chi connectivity index (χ1) is 20.6. The van der Waals surface area contributed by atoms with Crippen molar-refractivity contribution >= 4 is 53.3 Å². The summed E-state index contributed by atoms with van der Waals surface area (Å²) in [5, 5.41) is 4.92. The number of pyridine rings is 2. The first-order valence-electron chi connectivity index (χ1n) is 14.4. The number of aromatic nitrogens is 2. The molecule has 0 amide bonds. The molecule has 2 nitrogen and oxygen atoms in total. The Morgan fingerprint density at radius 1 is 0.619 bits per heavy atom. The van der Waals surface area contributed by atoms with E-state index in [0.717, 1.165) is 33.1 Å². The van der Waals surface area contributed by atoms with E-state index in [2.05, 4.69) is 128 Å². The quantitative estimate of drug-likeness (QED) is 0.199. The lowest BCUT2D eigenvalue weighted by molar-refractivity contribution is 0.667. The lowest BCUT2D eigenvalue weighted by Crippen LogP contribution is -2.15. The van der Waals surface area contributed by atoms with Crippen LogP contribution < -0.4 is 0 Å². The van der Waals surface area contributed by atoms with E-state index in [1.807, 2.05) is 23.6 Å². The van der Waals surface area contributed by atoms with E-state index in [0.29, 0.717) is 0 Å². The van der Waals surface area contributed by atoms with Gasteiger partial charge in [0.1, 0.15) is 0 Å². The largest absolute Gasteiger partial charge is 0.254 e. The van der Waals surface area contributed by atoms with Gasteiger partial charge >= 0.3 is 0 Å². The highest BCUT2D eigenvalue weighted by molar-refractivity contribution is 7.26. The summed E-state index contributed by atoms with van der Waals surface area (Å²) in [6.45, 7) is 4.76. The van der Waals surface area contributed by atoms with E-state index in [9.17, 15) is 0 Å². The number of thiophene rings is 1. The van der Waals surface area contributed by atoms with Gasteiger partial charge in [-0.15, -0.1) is 11.3 Å². The smallest absolute Gasteiger partial charge is 0.0972 e. The predicted molar refractivity (Wildman–Crippen MR) is 178 cm³/mol. The lowest BCUT2D eigenvalue weighted by Gasteiger charge is -2.22. The minimum Gasteiger partial charge on any atom is -0.254 e. The first kappa shape index (κ1) is 23.8. The molecule has 0 fully saturated rings. The van der Waals surface area contributed by atoms with Crippen LogP contribution in [0.5, 0.6) is 0 Å². The highest BCUT2D eigenvalue weighted by Crippen LogP contribution is 2.56. The zero-order valence-electron chi connectivity index (χ0n) is 23.3. The Morgan fingerprint density at radius 3 is 2.24 bits per heavy atom. The van der Waals surface area contributed by atoms with Crippen LogP contribution in [0.4, 0.5) is 0 Å². The molecular formula is C39H26N2S. The van der Waals surface area contributed by atoms with Crippen LogP contribution >= 0.6 is 11.3 Å². The maximum Gasteiger partial charge on any atom is 0.0972 e. The molecule has 5 aromatic carbocycles. The molecule has 9 rings (SSSR count). The molecule has 0 radical (unpaired) electrons. The van der Waals surface area contributed by atoms with Crippen LogP contribution in [0.2, 0.25) is 0 Å². The Balaban J connectivity index is 1.25. The molecule has 1 aliphatic carbocycles. The third-order valence-electron chi connectivity index (χ3n) is 9.09. The number of nitrogens with zero attached hydrogens (tertiary/aromatic N) is 2. The van der Waals surface area contributed by atoms with Crippen molar-refractivity contribution in [3.05, 3.63) is 133 Å². The van der Waals surface area contributed by atoms with Crippen LogP contribution in [0.1, 0.15) is 25.0 Å². The van der Waals surface area contributed by atoms with Gasteiger partial charge in [0.2, 0.25) is 0 Å². The molecule has 8 aromatic rings. The molecule has 0 atom stereocenters. The van der Waals surface area contributed by atoms with Crippen LogP contribution in [0.3, 0.4) is 0 Å². The second-order valence-corrected chi connectivity index (χ2v) is 12.9. The van der Waals surface area contributed by atoms with Gasteiger partial charge in [-0.2, -0.15) is 0 Å². The fraction of sp³-hybridized carbons (Fsp3) is 0.0769. The fourth-order valence-electron chi connectivity index (χ4n) is 7.06. The maximum absolute atomic E-state index is 5.09. The van der Waals surface area contributed by atoms with Crippen molar-refractivity contribution in [1.82, 2.24) is 9.97 Å². The van der Waals surface area contributed by atoms with Crippen molar-refractivity contribution in [3.63, 3.8) is 0 Å². The molecule has 198 valence electrons. The molecule has 0 unspecified atom stereocenters. The van der Waals surface area contributed by atoms with E-state index < -0.39 is 0 Å². The van der Waals surface area contributed by atoms with Crippen LogP contribution in [-0.2, 0) is 5.41 Å². The Hall–Kier alpha value is -4.86. The Morgan fingerprint density at radius 2 is 1.36 bits per heavy atom. The Labute approximate surface area is 247 Å². The SMILES string of the molecule is CC1(C)c2ccccc2-c2cc(-c3ccc(-c4ccc5ccc6cccnc6c5n4)cc3)c3c(sc4ccccc43)c21. The summed E-state index contributed by atoms with van der Waals surface area (Å²) >= 11 is 1.93. The van der Waals surface area contributed by atoms with Gasteiger partial charge in [0, 0.05) is 48.1 Å². The third kappa shape index (κ3) is 3.26. The zero-order chi connectivity index (χ0) is 28.0. The van der Waals surface area contributed by atoms with Crippen molar-refractivity contribution in [1.29, 1.82) is 0 Å². The standard InChI is InChI=1S/C39H26N2S/c1-39(2)31-11-5-3-9-27(31)30-22-29(34-28-10-4-6-12-33(28)42-38(34)35(30)39)23-13-15-24(16-14-23)32-20-19-26-18-17-25-8-7-21-40-36(25)37(26)41-32/h3-22H,1-2H3. The molecular weight excluding hydrogens is 529 g/mol. The average Bonchev–Trinajstić information content (AvgIpc) is 3.53. The second-order valence-electron chi connectivity index (χ2n) is 11.8. The van der Waals surface area contributed by atoms with Gasteiger partial charge < -0.3 is 0 Å². The normalized spacial score (nSPS) is 13.7. The van der Waals surface area contributed by atoms with E-state index in [-0.39, 0.29) is 5.41 Å². The van der Waals surface area contributed by atoms with E-state index in [1.54, 1.807) is 0 Å². The van der Waals surface area contributed by atoms with Gasteiger partial charge in [0.05, 0.1) is 16.7 Å². The third-order valence-corrected chi connectivity index (χ3v) is 10.3. The second kappa shape index (κ2) is 8.58. The molecule has 1 aliphatic rings. The molecule has 0 spiro atoms. The number of hydrogen-bond acceptors (Lipinski definition) is 3. The van der Waals surface area contributed by atoms with Crippen molar-refractivity contribution < 1.29 is 0 Å². The monoisotopic (exact) mass is 554 g/mol. The predicted octanol–water partition coefficient (Wildman–Crippen LogP) is 10.8. The lowest BCUT2D eigenvalue weighted by atomic mass is 9.81. The summed E-state index contributed by atoms with van der Waals surface area (Å²) in [6, 6.07) is 41.8. The Kier molecular flexibility index (Phi) is 4.86. The minimum absolute atomic E-state index is 0.0474. The van der Waals surface area contributed by atoms with Crippen molar-refractivity contribution in [2.45, 2.75) is 19.3 Å². The molecule has 3 heteroatoms. The van der Waals surface area contributed by atoms with Gasteiger partial charge in [0.15, 0.2) is 0 Å². The topological polar surface area (TPSA) is 25.8 Å². The molecule has 3 heterocycles. The highest BCUT2D eigenvalue weighted by Gasteiger charge is 2.38. The maximum atomic E-state index is 5.09. The van der Waals surface area contributed by atoms with Gasteiger partial charge in [-0.05, 0) is 57.6 Å². The number of benzene rings is 5. The average molecular weight is 555 g/mol. The summed E-state index contributed by atoms with van der Waals surface area (Å²) in [6.07, 6.45) is 1.84. The first-order valence-corrected chi connectivity index (χ1v) is 15.2.